The molecule has 9 heteroatoms. The van der Waals surface area contributed by atoms with Gasteiger partial charge < -0.3 is 24.9 Å². The number of hydrogen-bond donors (Lipinski definition) is 3. The molecule has 4 heterocycles. The molecule has 0 radical (unpaired) electrons. The molecule has 0 spiro atoms. The van der Waals surface area contributed by atoms with E-state index >= 15 is 0 Å². The van der Waals surface area contributed by atoms with Crippen molar-refractivity contribution in [1.82, 2.24) is 24.6 Å². The monoisotopic (exact) mass is 422 g/mol. The summed E-state index contributed by atoms with van der Waals surface area (Å²) in [5.41, 5.74) is 3.79. The van der Waals surface area contributed by atoms with E-state index in [1.54, 1.807) is 13.3 Å². The fourth-order valence-electron chi connectivity index (χ4n) is 4.31. The smallest absolute Gasteiger partial charge is 0.228 e. The molecular weight excluding hydrogens is 396 g/mol. The van der Waals surface area contributed by atoms with Gasteiger partial charge in [0.25, 0.3) is 0 Å². The van der Waals surface area contributed by atoms with Gasteiger partial charge in [-0.25, -0.2) is 4.52 Å². The molecule has 1 aliphatic carbocycles. The van der Waals surface area contributed by atoms with Gasteiger partial charge in [0, 0.05) is 30.2 Å². The number of rotatable bonds is 7. The molecule has 1 aliphatic rings. The summed E-state index contributed by atoms with van der Waals surface area (Å²) >= 11 is 0. The van der Waals surface area contributed by atoms with Crippen LogP contribution in [-0.4, -0.2) is 62.1 Å². The van der Waals surface area contributed by atoms with E-state index in [0.29, 0.717) is 18.4 Å². The minimum atomic E-state index is 0.0697. The molecule has 3 N–H and O–H groups in total. The molecule has 0 aromatic carbocycles. The summed E-state index contributed by atoms with van der Waals surface area (Å²) in [4.78, 5) is 12.6. The number of fused-ring (bicyclic) bond motifs is 2. The minimum Gasteiger partial charge on any atom is -0.480 e. The molecule has 0 atom stereocenters. The molecule has 4 aromatic heterocycles. The van der Waals surface area contributed by atoms with Gasteiger partial charge in [0.1, 0.15) is 5.65 Å². The molecule has 0 amide bonds. The lowest BCUT2D eigenvalue weighted by Crippen LogP contribution is -2.30. The highest BCUT2D eigenvalue weighted by molar-refractivity contribution is 5.98. The number of aromatic amines is 1. The van der Waals surface area contributed by atoms with Crippen LogP contribution < -0.4 is 10.1 Å². The summed E-state index contributed by atoms with van der Waals surface area (Å²) in [6, 6.07) is 6.36. The van der Waals surface area contributed by atoms with E-state index in [9.17, 15) is 0 Å². The maximum atomic E-state index is 8.92. The third kappa shape index (κ3) is 3.94. The van der Waals surface area contributed by atoms with Crippen LogP contribution in [0.15, 0.2) is 36.8 Å². The van der Waals surface area contributed by atoms with Crippen molar-refractivity contribution in [2.24, 2.45) is 0 Å². The van der Waals surface area contributed by atoms with Crippen molar-refractivity contribution >= 4 is 22.5 Å². The van der Waals surface area contributed by atoms with Gasteiger partial charge in [-0.2, -0.15) is 15.1 Å². The number of H-pyrrole nitrogens is 1. The lowest BCUT2D eigenvalue weighted by molar-refractivity contribution is 0.00719. The average molecular weight is 422 g/mol. The van der Waals surface area contributed by atoms with Gasteiger partial charge in [-0.1, -0.05) is 0 Å². The van der Waals surface area contributed by atoms with Crippen LogP contribution in [0.25, 0.3) is 27.7 Å². The van der Waals surface area contributed by atoms with E-state index in [1.165, 1.54) is 0 Å². The van der Waals surface area contributed by atoms with Crippen molar-refractivity contribution < 1.29 is 14.6 Å². The third-order valence-electron chi connectivity index (χ3n) is 5.85. The second-order valence-corrected chi connectivity index (χ2v) is 7.81. The van der Waals surface area contributed by atoms with E-state index < -0.39 is 0 Å². The summed E-state index contributed by atoms with van der Waals surface area (Å²) in [7, 11) is 1.63. The Balaban J connectivity index is 1.38. The Morgan fingerprint density at radius 2 is 2.10 bits per heavy atom. The molecule has 0 saturated heterocycles. The van der Waals surface area contributed by atoms with Crippen molar-refractivity contribution in [3.05, 3.63) is 36.8 Å². The Kier molecular flexibility index (Phi) is 5.44. The number of hydrogen-bond acceptors (Lipinski definition) is 7. The van der Waals surface area contributed by atoms with E-state index in [-0.39, 0.29) is 18.8 Å². The van der Waals surface area contributed by atoms with Crippen LogP contribution in [0.3, 0.4) is 0 Å². The Hall–Kier alpha value is -3.17. The molecule has 1 fully saturated rings. The molecule has 5 rings (SSSR count). The number of pyridine rings is 1. The van der Waals surface area contributed by atoms with E-state index in [1.807, 2.05) is 29.0 Å². The van der Waals surface area contributed by atoms with Gasteiger partial charge in [-0.15, -0.1) is 0 Å². The first-order valence-electron chi connectivity index (χ1n) is 10.6. The van der Waals surface area contributed by atoms with Crippen LogP contribution in [0.1, 0.15) is 25.7 Å². The average Bonchev–Trinajstić information content (AvgIpc) is 3.44. The lowest BCUT2D eigenvalue weighted by atomic mass is 9.93. The molecular formula is C22H26N6O3. The van der Waals surface area contributed by atoms with Gasteiger partial charge in [0.15, 0.2) is 0 Å². The zero-order valence-corrected chi connectivity index (χ0v) is 17.4. The largest absolute Gasteiger partial charge is 0.480 e. The van der Waals surface area contributed by atoms with Crippen LogP contribution in [0, 0.1) is 0 Å². The van der Waals surface area contributed by atoms with Gasteiger partial charge >= 0.3 is 0 Å². The first-order chi connectivity index (χ1) is 15.2. The first-order valence-corrected chi connectivity index (χ1v) is 10.6. The summed E-state index contributed by atoms with van der Waals surface area (Å²) in [5.74, 6) is 1.10. The number of aliphatic hydroxyl groups is 1. The third-order valence-corrected chi connectivity index (χ3v) is 5.85. The van der Waals surface area contributed by atoms with Crippen molar-refractivity contribution in [2.45, 2.75) is 37.8 Å². The van der Waals surface area contributed by atoms with E-state index in [4.69, 9.17) is 19.6 Å². The number of nitrogens with one attached hydrogen (secondary N) is 2. The summed E-state index contributed by atoms with van der Waals surface area (Å²) in [6.45, 7) is 0.475. The van der Waals surface area contributed by atoms with Gasteiger partial charge in [-0.05, 0) is 49.4 Å². The fraction of sp³-hybridized carbons (Fsp3) is 0.409. The Bertz CT molecular complexity index is 1180. The number of anilines is 1. The quantitative estimate of drug-likeness (QED) is 0.420. The van der Waals surface area contributed by atoms with E-state index in [0.717, 1.165) is 53.4 Å². The summed E-state index contributed by atoms with van der Waals surface area (Å²) < 4.78 is 13.1. The van der Waals surface area contributed by atoms with Crippen molar-refractivity contribution in [3.63, 3.8) is 0 Å². The number of aromatic nitrogens is 5. The highest BCUT2D eigenvalue weighted by Gasteiger charge is 2.23. The summed E-state index contributed by atoms with van der Waals surface area (Å²) in [6.07, 6.45) is 9.75. The highest BCUT2D eigenvalue weighted by Crippen LogP contribution is 2.35. The maximum absolute atomic E-state index is 8.92. The topological polar surface area (TPSA) is 110 Å². The second-order valence-electron chi connectivity index (χ2n) is 7.81. The Labute approximate surface area is 179 Å². The molecule has 0 unspecified atom stereocenters. The standard InChI is InChI=1S/C22H26N6O3/c1-30-21-19-18(14-7-9-28-16(12-14)6-8-24-28)13-23-20(19)26-22(27-21)25-15-2-4-17(5-3-15)31-11-10-29/h6-9,12-13,15,17,29H,2-5,10-11H2,1H3,(H2,23,25,26,27)/t15-,17+. The maximum Gasteiger partial charge on any atom is 0.228 e. The molecule has 9 nitrogen and oxygen atoms in total. The van der Waals surface area contributed by atoms with Gasteiger partial charge in [0.05, 0.1) is 37.3 Å². The number of methoxy groups -OCH3 is 1. The van der Waals surface area contributed by atoms with Crippen molar-refractivity contribution in [3.8, 4) is 17.0 Å². The zero-order chi connectivity index (χ0) is 21.2. The predicted molar refractivity (Wildman–Crippen MR) is 117 cm³/mol. The molecule has 31 heavy (non-hydrogen) atoms. The van der Waals surface area contributed by atoms with Crippen molar-refractivity contribution in [1.29, 1.82) is 0 Å². The van der Waals surface area contributed by atoms with Gasteiger partial charge in [-0.3, -0.25) is 0 Å². The van der Waals surface area contributed by atoms with Crippen LogP contribution in [0.4, 0.5) is 5.95 Å². The molecule has 4 aromatic rings. The molecule has 0 aliphatic heterocycles. The Morgan fingerprint density at radius 3 is 2.90 bits per heavy atom. The molecule has 162 valence electrons. The fourth-order valence-corrected chi connectivity index (χ4v) is 4.31. The van der Waals surface area contributed by atoms with E-state index in [2.05, 4.69) is 26.4 Å². The lowest BCUT2D eigenvalue weighted by Gasteiger charge is -2.29. The molecule has 0 bridgehead atoms. The zero-order valence-electron chi connectivity index (χ0n) is 17.4. The first kappa shape index (κ1) is 19.8. The second kappa shape index (κ2) is 8.52. The molecule has 1 saturated carbocycles. The van der Waals surface area contributed by atoms with Crippen LogP contribution in [-0.2, 0) is 4.74 Å². The Morgan fingerprint density at radius 1 is 1.23 bits per heavy atom. The normalized spacial score (nSPS) is 19.2. The number of ether oxygens (including phenoxy) is 2. The minimum absolute atomic E-state index is 0.0697. The SMILES string of the molecule is COc1nc(N[C@H]2CC[C@@H](OCCO)CC2)nc2[nH]cc(-c3ccn4nccc4c3)c12. The number of aliphatic hydroxyl groups excluding tert-OH is 1. The predicted octanol–water partition coefficient (Wildman–Crippen LogP) is 3.01. The van der Waals surface area contributed by atoms with Gasteiger partial charge in [0.2, 0.25) is 11.8 Å². The van der Waals surface area contributed by atoms with Crippen molar-refractivity contribution in [2.75, 3.05) is 25.6 Å². The highest BCUT2D eigenvalue weighted by atomic mass is 16.5. The van der Waals surface area contributed by atoms with Crippen LogP contribution in [0.2, 0.25) is 0 Å². The van der Waals surface area contributed by atoms with Crippen LogP contribution in [0.5, 0.6) is 5.88 Å². The van der Waals surface area contributed by atoms with Crippen LogP contribution >= 0.6 is 0 Å². The summed E-state index contributed by atoms with van der Waals surface area (Å²) in [5, 5.41) is 17.5. The number of nitrogens with zero attached hydrogens (tertiary/aromatic N) is 4.